The summed E-state index contributed by atoms with van der Waals surface area (Å²) in [6.07, 6.45) is 9.47. The number of hydrogen-bond donors (Lipinski definition) is 0. The largest absolute Gasteiger partial charge is 0.377 e. The Morgan fingerprint density at radius 3 is 2.67 bits per heavy atom. The summed E-state index contributed by atoms with van der Waals surface area (Å²) in [5, 5.41) is 4.36. The van der Waals surface area contributed by atoms with E-state index in [0.717, 1.165) is 38.2 Å². The van der Waals surface area contributed by atoms with Crippen molar-refractivity contribution in [3.05, 3.63) is 42.0 Å². The quantitative estimate of drug-likeness (QED) is 0.865. The summed E-state index contributed by atoms with van der Waals surface area (Å²) >= 11 is 0. The molecule has 0 radical (unpaired) electrons. The van der Waals surface area contributed by atoms with Crippen LogP contribution in [-0.2, 0) is 6.54 Å². The van der Waals surface area contributed by atoms with E-state index in [1.54, 1.807) is 12.4 Å². The molecule has 0 N–H and O–H groups in total. The number of aromatic nitrogens is 3. The molecule has 1 saturated heterocycles. The Morgan fingerprint density at radius 2 is 2.04 bits per heavy atom. The monoisotopic (exact) mass is 327 g/mol. The summed E-state index contributed by atoms with van der Waals surface area (Å²) in [5.41, 5.74) is 2.89. The van der Waals surface area contributed by atoms with Gasteiger partial charge < -0.3 is 9.80 Å². The third kappa shape index (κ3) is 3.27. The summed E-state index contributed by atoms with van der Waals surface area (Å²) in [5.74, 6) is 0.575. The lowest BCUT2D eigenvalue weighted by Gasteiger charge is -2.32. The lowest BCUT2D eigenvalue weighted by atomic mass is 9.91. The van der Waals surface area contributed by atoms with Crippen LogP contribution in [0.5, 0.6) is 0 Å². The van der Waals surface area contributed by atoms with Gasteiger partial charge in [0.15, 0.2) is 0 Å². The van der Waals surface area contributed by atoms with E-state index in [1.807, 2.05) is 40.8 Å². The van der Waals surface area contributed by atoms with E-state index in [9.17, 15) is 4.79 Å². The first-order chi connectivity index (χ1) is 11.6. The average Bonchev–Trinajstić information content (AvgIpc) is 3.10. The Labute approximate surface area is 143 Å². The van der Waals surface area contributed by atoms with Gasteiger partial charge in [0.25, 0.3) is 5.91 Å². The molecule has 0 bridgehead atoms. The van der Waals surface area contributed by atoms with Gasteiger partial charge in [-0.2, -0.15) is 5.10 Å². The molecule has 3 heterocycles. The summed E-state index contributed by atoms with van der Waals surface area (Å²) < 4.78 is 1.96. The molecule has 0 aromatic carbocycles. The van der Waals surface area contributed by atoms with E-state index in [-0.39, 0.29) is 5.91 Å². The number of carbonyl (C=O) groups is 1. The number of nitrogens with zero attached hydrogens (tertiary/aromatic N) is 5. The summed E-state index contributed by atoms with van der Waals surface area (Å²) in [6.45, 7) is 4.55. The van der Waals surface area contributed by atoms with Gasteiger partial charge in [-0.3, -0.25) is 14.5 Å². The third-order valence-corrected chi connectivity index (χ3v) is 4.74. The number of amides is 1. The van der Waals surface area contributed by atoms with Gasteiger partial charge in [0.1, 0.15) is 0 Å². The van der Waals surface area contributed by atoms with Gasteiger partial charge >= 0.3 is 0 Å². The van der Waals surface area contributed by atoms with Crippen molar-refractivity contribution in [3.8, 4) is 0 Å². The van der Waals surface area contributed by atoms with Crippen LogP contribution in [0.4, 0.5) is 5.69 Å². The number of pyridine rings is 1. The molecule has 6 nitrogen and oxygen atoms in total. The van der Waals surface area contributed by atoms with Crippen LogP contribution in [0.25, 0.3) is 0 Å². The van der Waals surface area contributed by atoms with Crippen LogP contribution in [0.2, 0.25) is 0 Å². The van der Waals surface area contributed by atoms with Gasteiger partial charge in [0, 0.05) is 52.3 Å². The van der Waals surface area contributed by atoms with Gasteiger partial charge in [-0.05, 0) is 37.3 Å². The van der Waals surface area contributed by atoms with Crippen molar-refractivity contribution < 1.29 is 4.79 Å². The van der Waals surface area contributed by atoms with E-state index in [4.69, 9.17) is 0 Å². The number of rotatable bonds is 4. The van der Waals surface area contributed by atoms with Crippen molar-refractivity contribution in [3.63, 3.8) is 0 Å². The predicted molar refractivity (Wildman–Crippen MR) is 94.3 cm³/mol. The van der Waals surface area contributed by atoms with Crippen LogP contribution in [0.3, 0.4) is 0 Å². The van der Waals surface area contributed by atoms with Gasteiger partial charge in [0.05, 0.1) is 17.4 Å². The summed E-state index contributed by atoms with van der Waals surface area (Å²) in [4.78, 5) is 20.9. The number of likely N-dealkylation sites (tertiary alicyclic amines) is 1. The first-order valence-corrected chi connectivity index (χ1v) is 8.53. The van der Waals surface area contributed by atoms with E-state index >= 15 is 0 Å². The van der Waals surface area contributed by atoms with Gasteiger partial charge in [-0.15, -0.1) is 0 Å². The van der Waals surface area contributed by atoms with Crippen molar-refractivity contribution in [2.45, 2.75) is 32.2 Å². The normalized spacial score (nSPS) is 15.5. The molecule has 1 aliphatic heterocycles. The van der Waals surface area contributed by atoms with Crippen LogP contribution < -0.4 is 4.90 Å². The Balaban J connectivity index is 1.67. The first kappa shape index (κ1) is 16.5. The highest BCUT2D eigenvalue weighted by molar-refractivity contribution is 5.99. The van der Waals surface area contributed by atoms with Crippen molar-refractivity contribution in [2.24, 2.45) is 0 Å². The first-order valence-electron chi connectivity index (χ1n) is 8.53. The molecule has 0 atom stereocenters. The van der Waals surface area contributed by atoms with Gasteiger partial charge in [-0.25, -0.2) is 0 Å². The Bertz CT molecular complexity index is 701. The smallest absolute Gasteiger partial charge is 0.257 e. The molecule has 0 unspecified atom stereocenters. The molecule has 1 aliphatic rings. The second-order valence-corrected chi connectivity index (χ2v) is 6.48. The predicted octanol–water partition coefficient (Wildman–Crippen LogP) is 2.38. The second-order valence-electron chi connectivity index (χ2n) is 6.48. The fourth-order valence-corrected chi connectivity index (χ4v) is 3.29. The number of hydrogen-bond acceptors (Lipinski definition) is 4. The fourth-order valence-electron chi connectivity index (χ4n) is 3.29. The van der Waals surface area contributed by atoms with Crippen LogP contribution in [0.1, 0.15) is 41.6 Å². The van der Waals surface area contributed by atoms with Crippen LogP contribution in [0.15, 0.2) is 30.9 Å². The maximum Gasteiger partial charge on any atom is 0.257 e. The standard InChI is InChI=1S/C18H25N5O/c1-4-23-13-15(11-20-23)14-6-9-22(10-7-14)18(24)16-12-19-8-5-17(16)21(2)3/h5,8,11-14H,4,6-7,9-10H2,1-3H3. The molecule has 2 aromatic heterocycles. The highest BCUT2D eigenvalue weighted by atomic mass is 16.2. The lowest BCUT2D eigenvalue weighted by Crippen LogP contribution is -2.38. The molecule has 1 amide bonds. The molecule has 24 heavy (non-hydrogen) atoms. The zero-order valence-corrected chi connectivity index (χ0v) is 14.6. The minimum Gasteiger partial charge on any atom is -0.377 e. The molecule has 2 aromatic rings. The Kier molecular flexibility index (Phi) is 4.83. The van der Waals surface area contributed by atoms with Crippen molar-refractivity contribution in [1.82, 2.24) is 19.7 Å². The molecule has 6 heteroatoms. The Hall–Kier alpha value is -2.37. The SMILES string of the molecule is CCn1cc(C2CCN(C(=O)c3cnccc3N(C)C)CC2)cn1. The molecule has 0 spiro atoms. The number of anilines is 1. The molecule has 3 rings (SSSR count). The number of aryl methyl sites for hydroxylation is 1. The average molecular weight is 327 g/mol. The minimum atomic E-state index is 0.0782. The van der Waals surface area contributed by atoms with E-state index < -0.39 is 0 Å². The van der Waals surface area contributed by atoms with Crippen molar-refractivity contribution in [2.75, 3.05) is 32.1 Å². The molecule has 128 valence electrons. The van der Waals surface area contributed by atoms with Crippen molar-refractivity contribution in [1.29, 1.82) is 0 Å². The van der Waals surface area contributed by atoms with Crippen LogP contribution >= 0.6 is 0 Å². The highest BCUT2D eigenvalue weighted by Gasteiger charge is 2.26. The summed E-state index contributed by atoms with van der Waals surface area (Å²) in [7, 11) is 3.90. The molecular formula is C18H25N5O. The molecule has 0 aliphatic carbocycles. The van der Waals surface area contributed by atoms with Crippen LogP contribution in [0, 0.1) is 0 Å². The van der Waals surface area contributed by atoms with Crippen molar-refractivity contribution >= 4 is 11.6 Å². The zero-order chi connectivity index (χ0) is 17.1. The zero-order valence-electron chi connectivity index (χ0n) is 14.6. The number of piperidine rings is 1. The van der Waals surface area contributed by atoms with Gasteiger partial charge in [-0.1, -0.05) is 0 Å². The van der Waals surface area contributed by atoms with Crippen LogP contribution in [-0.4, -0.2) is 52.8 Å². The summed E-state index contributed by atoms with van der Waals surface area (Å²) in [6, 6.07) is 1.89. The molecule has 1 fully saturated rings. The third-order valence-electron chi connectivity index (χ3n) is 4.74. The molecule has 0 saturated carbocycles. The van der Waals surface area contributed by atoms with E-state index in [2.05, 4.69) is 23.2 Å². The lowest BCUT2D eigenvalue weighted by molar-refractivity contribution is 0.0713. The highest BCUT2D eigenvalue weighted by Crippen LogP contribution is 2.29. The topological polar surface area (TPSA) is 54.3 Å². The van der Waals surface area contributed by atoms with E-state index in [1.165, 1.54) is 5.56 Å². The number of carbonyl (C=O) groups excluding carboxylic acids is 1. The van der Waals surface area contributed by atoms with Gasteiger partial charge in [0.2, 0.25) is 0 Å². The van der Waals surface area contributed by atoms with E-state index in [0.29, 0.717) is 11.5 Å². The fraction of sp³-hybridized carbons (Fsp3) is 0.500. The maximum absolute atomic E-state index is 12.9. The minimum absolute atomic E-state index is 0.0782. The maximum atomic E-state index is 12.9. The molecular weight excluding hydrogens is 302 g/mol. The second kappa shape index (κ2) is 7.03. The Morgan fingerprint density at radius 1 is 1.29 bits per heavy atom.